The number of nitrogens with zero attached hydrogens (tertiary/aromatic N) is 1. The molecule has 0 fully saturated rings. The van der Waals surface area contributed by atoms with Crippen molar-refractivity contribution in [2.45, 2.75) is 31.7 Å². The molecule has 0 spiro atoms. The zero-order chi connectivity index (χ0) is 19.3. The van der Waals surface area contributed by atoms with Crippen LogP contribution < -0.4 is 9.62 Å². The van der Waals surface area contributed by atoms with Crippen LogP contribution in [0.4, 0.5) is 11.4 Å². The Kier molecular flexibility index (Phi) is 3.96. The minimum absolute atomic E-state index is 0.252. The summed E-state index contributed by atoms with van der Waals surface area (Å²) in [7, 11) is -3.78. The highest BCUT2D eigenvalue weighted by Crippen LogP contribution is 2.43. The number of carbonyl (C=O) groups excluding carboxylic acids is 1. The van der Waals surface area contributed by atoms with E-state index in [9.17, 15) is 13.2 Å². The van der Waals surface area contributed by atoms with Crippen molar-refractivity contribution in [3.8, 4) is 0 Å². The maximum absolute atomic E-state index is 13.1. The number of benzene rings is 3. The molecule has 3 aromatic rings. The molecule has 0 aliphatic carbocycles. The van der Waals surface area contributed by atoms with Gasteiger partial charge in [-0.25, -0.2) is 8.42 Å². The lowest BCUT2D eigenvalue weighted by Gasteiger charge is -2.25. The van der Waals surface area contributed by atoms with Crippen molar-refractivity contribution in [2.24, 2.45) is 0 Å². The van der Waals surface area contributed by atoms with E-state index >= 15 is 0 Å². The molecule has 0 unspecified atom stereocenters. The van der Waals surface area contributed by atoms with Crippen molar-refractivity contribution in [1.82, 2.24) is 0 Å². The second-order valence-corrected chi connectivity index (χ2v) is 8.70. The third kappa shape index (κ3) is 2.68. The fourth-order valence-corrected chi connectivity index (χ4v) is 5.50. The van der Waals surface area contributed by atoms with E-state index in [4.69, 9.17) is 0 Å². The van der Waals surface area contributed by atoms with E-state index in [1.807, 2.05) is 50.2 Å². The molecule has 1 N–H and O–H groups in total. The number of nitrogens with one attached hydrogen (secondary N) is 1. The Bertz CT molecular complexity index is 1180. The lowest BCUT2D eigenvalue weighted by Crippen LogP contribution is -2.44. The SMILES string of the molecule is Cc1ccc(NC(=O)[C@@H](C)N2c3cccc4cccc(c34)S2(=O)=O)c(C)c1. The van der Waals surface area contributed by atoms with Crippen LogP contribution in [-0.4, -0.2) is 20.4 Å². The van der Waals surface area contributed by atoms with Crippen LogP contribution in [0.15, 0.2) is 59.5 Å². The van der Waals surface area contributed by atoms with Crippen LogP contribution in [0.25, 0.3) is 10.8 Å². The molecule has 3 aromatic carbocycles. The van der Waals surface area contributed by atoms with Gasteiger partial charge >= 0.3 is 0 Å². The molecule has 27 heavy (non-hydrogen) atoms. The van der Waals surface area contributed by atoms with Gasteiger partial charge in [-0.1, -0.05) is 42.0 Å². The molecule has 1 amide bonds. The van der Waals surface area contributed by atoms with E-state index in [0.29, 0.717) is 16.8 Å². The molecule has 6 heteroatoms. The van der Waals surface area contributed by atoms with Crippen LogP contribution in [0.1, 0.15) is 18.1 Å². The molecule has 1 aliphatic rings. The van der Waals surface area contributed by atoms with Crippen molar-refractivity contribution in [3.63, 3.8) is 0 Å². The van der Waals surface area contributed by atoms with Gasteiger partial charge in [-0.3, -0.25) is 9.10 Å². The van der Waals surface area contributed by atoms with E-state index in [-0.39, 0.29) is 10.8 Å². The highest BCUT2D eigenvalue weighted by Gasteiger charge is 2.40. The molecule has 0 bridgehead atoms. The van der Waals surface area contributed by atoms with E-state index < -0.39 is 16.1 Å². The molecule has 0 radical (unpaired) electrons. The van der Waals surface area contributed by atoms with Crippen molar-refractivity contribution < 1.29 is 13.2 Å². The summed E-state index contributed by atoms with van der Waals surface area (Å²) in [6.07, 6.45) is 0. The summed E-state index contributed by atoms with van der Waals surface area (Å²) in [5.74, 6) is -0.365. The van der Waals surface area contributed by atoms with E-state index in [1.165, 1.54) is 4.31 Å². The molecule has 1 heterocycles. The van der Waals surface area contributed by atoms with Gasteiger partial charge in [0.15, 0.2) is 0 Å². The number of aryl methyl sites for hydroxylation is 2. The lowest BCUT2D eigenvalue weighted by molar-refractivity contribution is -0.116. The number of hydrogen-bond acceptors (Lipinski definition) is 3. The van der Waals surface area contributed by atoms with Gasteiger partial charge in [-0.2, -0.15) is 0 Å². The van der Waals surface area contributed by atoms with Crippen molar-refractivity contribution in [2.75, 3.05) is 9.62 Å². The summed E-state index contributed by atoms with van der Waals surface area (Å²) < 4.78 is 27.5. The number of rotatable bonds is 3. The molecular formula is C21H20N2O3S. The van der Waals surface area contributed by atoms with Gasteiger partial charge < -0.3 is 5.32 Å². The van der Waals surface area contributed by atoms with E-state index in [1.54, 1.807) is 25.1 Å². The Morgan fingerprint density at radius 3 is 2.44 bits per heavy atom. The monoisotopic (exact) mass is 380 g/mol. The summed E-state index contributed by atoms with van der Waals surface area (Å²) in [6.45, 7) is 5.51. The fourth-order valence-electron chi connectivity index (χ4n) is 3.64. The zero-order valence-electron chi connectivity index (χ0n) is 15.4. The number of hydrogen-bond donors (Lipinski definition) is 1. The summed E-state index contributed by atoms with van der Waals surface area (Å²) in [4.78, 5) is 13.1. The second kappa shape index (κ2) is 6.09. The van der Waals surface area contributed by atoms with Crippen LogP contribution in [0.3, 0.4) is 0 Å². The van der Waals surface area contributed by atoms with Gasteiger partial charge in [0.1, 0.15) is 6.04 Å². The van der Waals surface area contributed by atoms with Crippen molar-refractivity contribution in [3.05, 3.63) is 65.7 Å². The Balaban J connectivity index is 1.73. The van der Waals surface area contributed by atoms with Crippen molar-refractivity contribution in [1.29, 1.82) is 0 Å². The van der Waals surface area contributed by atoms with Crippen LogP contribution in [-0.2, 0) is 14.8 Å². The first-order valence-corrected chi connectivity index (χ1v) is 10.2. The van der Waals surface area contributed by atoms with Crippen LogP contribution in [0, 0.1) is 13.8 Å². The van der Waals surface area contributed by atoms with E-state index in [0.717, 1.165) is 16.5 Å². The first-order chi connectivity index (χ1) is 12.8. The maximum atomic E-state index is 13.1. The highest BCUT2D eigenvalue weighted by atomic mass is 32.2. The van der Waals surface area contributed by atoms with Gasteiger partial charge in [-0.15, -0.1) is 0 Å². The average molecular weight is 380 g/mol. The first-order valence-electron chi connectivity index (χ1n) is 8.75. The summed E-state index contributed by atoms with van der Waals surface area (Å²) in [5, 5.41) is 4.38. The molecule has 1 atom stereocenters. The standard InChI is InChI=1S/C21H20N2O3S/c1-13-10-11-17(14(2)12-13)22-21(24)15(3)23-18-8-4-6-16-7-5-9-19(20(16)18)27(23,25)26/h4-12,15H,1-3H3,(H,22,24)/t15-/m1/s1. The normalized spacial score (nSPS) is 15.7. The second-order valence-electron chi connectivity index (χ2n) is 6.92. The highest BCUT2D eigenvalue weighted by molar-refractivity contribution is 7.93. The number of amides is 1. The Hall–Kier alpha value is -2.86. The quantitative estimate of drug-likeness (QED) is 0.747. The van der Waals surface area contributed by atoms with Gasteiger partial charge in [0.2, 0.25) is 5.91 Å². The predicted molar refractivity (Wildman–Crippen MR) is 108 cm³/mol. The topological polar surface area (TPSA) is 66.5 Å². The van der Waals surface area contributed by atoms with Crippen LogP contribution in [0.2, 0.25) is 0 Å². The maximum Gasteiger partial charge on any atom is 0.265 e. The lowest BCUT2D eigenvalue weighted by atomic mass is 10.1. The van der Waals surface area contributed by atoms with Crippen LogP contribution in [0.5, 0.6) is 0 Å². The first kappa shape index (κ1) is 17.5. The van der Waals surface area contributed by atoms with Gasteiger partial charge in [-0.05, 0) is 49.9 Å². The Labute approximate surface area is 158 Å². The Morgan fingerprint density at radius 1 is 1.04 bits per heavy atom. The van der Waals surface area contributed by atoms with Gasteiger partial charge in [0.05, 0.1) is 10.6 Å². The molecule has 0 saturated heterocycles. The average Bonchev–Trinajstić information content (AvgIpc) is 2.86. The zero-order valence-corrected chi connectivity index (χ0v) is 16.2. The summed E-state index contributed by atoms with van der Waals surface area (Å²) in [5.41, 5.74) is 3.27. The third-order valence-corrected chi connectivity index (χ3v) is 6.92. The largest absolute Gasteiger partial charge is 0.324 e. The molecule has 0 saturated carbocycles. The summed E-state index contributed by atoms with van der Waals surface area (Å²) >= 11 is 0. The molecule has 4 rings (SSSR count). The van der Waals surface area contributed by atoms with Crippen LogP contribution >= 0.6 is 0 Å². The van der Waals surface area contributed by atoms with E-state index in [2.05, 4.69) is 5.32 Å². The van der Waals surface area contributed by atoms with Crippen molar-refractivity contribution >= 4 is 38.1 Å². The number of sulfonamides is 1. The van der Waals surface area contributed by atoms with Gasteiger partial charge in [0, 0.05) is 11.1 Å². The number of carbonyl (C=O) groups is 1. The molecule has 1 aliphatic heterocycles. The molecule has 5 nitrogen and oxygen atoms in total. The molecule has 0 aromatic heterocycles. The molecular weight excluding hydrogens is 360 g/mol. The number of anilines is 2. The minimum Gasteiger partial charge on any atom is -0.324 e. The third-order valence-electron chi connectivity index (χ3n) is 4.99. The molecule has 138 valence electrons. The smallest absolute Gasteiger partial charge is 0.265 e. The van der Waals surface area contributed by atoms with Gasteiger partial charge in [0.25, 0.3) is 10.0 Å². The Morgan fingerprint density at radius 2 is 1.74 bits per heavy atom. The predicted octanol–water partition coefficient (Wildman–Crippen LogP) is 3.99. The minimum atomic E-state index is -3.78. The fraction of sp³-hybridized carbons (Fsp3) is 0.190. The summed E-state index contributed by atoms with van der Waals surface area (Å²) in [6, 6.07) is 15.5.